The summed E-state index contributed by atoms with van der Waals surface area (Å²) in [4.78, 5) is 2.42. The van der Waals surface area contributed by atoms with E-state index in [-0.39, 0.29) is 0 Å². The van der Waals surface area contributed by atoms with E-state index < -0.39 is 0 Å². The van der Waals surface area contributed by atoms with Gasteiger partial charge in [-0.15, -0.1) is 6.42 Å². The molecule has 2 nitrogen and oxygen atoms in total. The molecule has 0 aromatic carbocycles. The maximum Gasteiger partial charge on any atom is 0.0601 e. The van der Waals surface area contributed by atoms with E-state index in [1.54, 1.807) is 0 Å². The number of nitrogens with zero attached hydrogens (tertiary/aromatic N) is 1. The van der Waals surface area contributed by atoms with E-state index in [0.29, 0.717) is 0 Å². The van der Waals surface area contributed by atoms with Crippen LogP contribution in [0.2, 0.25) is 0 Å². The second-order valence-electron chi connectivity index (χ2n) is 3.98. The van der Waals surface area contributed by atoms with Crippen molar-refractivity contribution in [1.82, 2.24) is 10.2 Å². The highest BCUT2D eigenvalue weighted by Gasteiger charge is 2.33. The summed E-state index contributed by atoms with van der Waals surface area (Å²) in [5, 5.41) is 3.42. The van der Waals surface area contributed by atoms with Crippen LogP contribution in [0.3, 0.4) is 0 Å². The van der Waals surface area contributed by atoms with Crippen LogP contribution >= 0.6 is 0 Å². The predicted molar refractivity (Wildman–Crippen MR) is 61.1 cm³/mol. The Morgan fingerprint density at radius 1 is 1.43 bits per heavy atom. The molecule has 1 fully saturated rings. The Hall–Kier alpha value is -0.520. The molecule has 2 heteroatoms. The minimum atomic E-state index is 0.732. The van der Waals surface area contributed by atoms with Crippen molar-refractivity contribution < 1.29 is 0 Å². The molecule has 0 heterocycles. The van der Waals surface area contributed by atoms with E-state index >= 15 is 0 Å². The van der Waals surface area contributed by atoms with Crippen LogP contribution in [-0.2, 0) is 0 Å². The average Bonchev–Trinajstić information content (AvgIpc) is 2.16. The summed E-state index contributed by atoms with van der Waals surface area (Å²) in [7, 11) is 0. The first-order valence-corrected chi connectivity index (χ1v) is 5.71. The van der Waals surface area contributed by atoms with Crippen LogP contribution < -0.4 is 5.32 Å². The third-order valence-electron chi connectivity index (χ3n) is 3.20. The first-order valence-electron chi connectivity index (χ1n) is 5.71. The van der Waals surface area contributed by atoms with E-state index in [9.17, 15) is 0 Å². The van der Waals surface area contributed by atoms with Crippen molar-refractivity contribution in [2.75, 3.05) is 26.2 Å². The van der Waals surface area contributed by atoms with Crippen molar-refractivity contribution in [3.8, 4) is 12.3 Å². The molecule has 0 bridgehead atoms. The highest BCUT2D eigenvalue weighted by atomic mass is 15.2. The van der Waals surface area contributed by atoms with Crippen LogP contribution in [0.5, 0.6) is 0 Å². The molecule has 0 aromatic rings. The van der Waals surface area contributed by atoms with Gasteiger partial charge in [-0.2, -0.15) is 0 Å². The van der Waals surface area contributed by atoms with Crippen LogP contribution in [0, 0.1) is 18.3 Å². The molecule has 0 aliphatic heterocycles. The van der Waals surface area contributed by atoms with Crippen LogP contribution in [-0.4, -0.2) is 37.1 Å². The second-order valence-corrected chi connectivity index (χ2v) is 3.98. The molecule has 2 unspecified atom stereocenters. The summed E-state index contributed by atoms with van der Waals surface area (Å²) in [5.41, 5.74) is 0. The number of nitrogens with one attached hydrogen (secondary N) is 1. The molecular formula is C12H22N2. The predicted octanol–water partition coefficient (Wildman–Crippen LogP) is 1.33. The molecule has 1 rings (SSSR count). The quantitative estimate of drug-likeness (QED) is 0.642. The van der Waals surface area contributed by atoms with Gasteiger partial charge in [-0.25, -0.2) is 0 Å². The summed E-state index contributed by atoms with van der Waals surface area (Å²) < 4.78 is 0. The fraction of sp³-hybridized carbons (Fsp3) is 0.833. The number of rotatable bonds is 6. The van der Waals surface area contributed by atoms with Gasteiger partial charge in [0, 0.05) is 6.04 Å². The van der Waals surface area contributed by atoms with E-state index in [4.69, 9.17) is 6.42 Å². The third-order valence-corrected chi connectivity index (χ3v) is 3.20. The molecule has 0 saturated heterocycles. The Labute approximate surface area is 88.1 Å². The molecule has 0 spiro atoms. The first kappa shape index (κ1) is 11.6. The lowest BCUT2D eigenvalue weighted by atomic mass is 9.78. The molecule has 14 heavy (non-hydrogen) atoms. The van der Waals surface area contributed by atoms with Gasteiger partial charge in [-0.1, -0.05) is 19.8 Å². The summed E-state index contributed by atoms with van der Waals surface area (Å²) in [6, 6.07) is 0.732. The number of terminal acetylenes is 1. The minimum Gasteiger partial charge on any atom is -0.317 e. The van der Waals surface area contributed by atoms with Gasteiger partial charge in [0.1, 0.15) is 0 Å². The van der Waals surface area contributed by atoms with Gasteiger partial charge in [0.05, 0.1) is 6.54 Å². The maximum absolute atomic E-state index is 5.36. The smallest absolute Gasteiger partial charge is 0.0601 e. The average molecular weight is 194 g/mol. The van der Waals surface area contributed by atoms with Gasteiger partial charge in [0.15, 0.2) is 0 Å². The molecule has 0 aromatic heterocycles. The van der Waals surface area contributed by atoms with Crippen LogP contribution in [0.15, 0.2) is 0 Å². The molecular weight excluding hydrogens is 172 g/mol. The lowest BCUT2D eigenvalue weighted by Crippen LogP contribution is -2.50. The van der Waals surface area contributed by atoms with Crippen molar-refractivity contribution in [1.29, 1.82) is 0 Å². The van der Waals surface area contributed by atoms with Crippen molar-refractivity contribution in [3.05, 3.63) is 0 Å². The lowest BCUT2D eigenvalue weighted by Gasteiger charge is -2.43. The van der Waals surface area contributed by atoms with Gasteiger partial charge < -0.3 is 5.32 Å². The zero-order valence-electron chi connectivity index (χ0n) is 9.42. The highest BCUT2D eigenvalue weighted by molar-refractivity contribution is 4.95. The largest absolute Gasteiger partial charge is 0.317 e. The zero-order valence-corrected chi connectivity index (χ0v) is 9.42. The van der Waals surface area contributed by atoms with Gasteiger partial charge in [-0.3, -0.25) is 4.90 Å². The van der Waals surface area contributed by atoms with Crippen molar-refractivity contribution in [2.24, 2.45) is 5.92 Å². The van der Waals surface area contributed by atoms with Crippen molar-refractivity contribution in [2.45, 2.75) is 32.7 Å². The molecule has 1 N–H and O–H groups in total. The molecule has 1 aliphatic carbocycles. The van der Waals surface area contributed by atoms with Gasteiger partial charge in [-0.05, 0) is 38.4 Å². The summed E-state index contributed by atoms with van der Waals surface area (Å²) in [6.07, 6.45) is 8.04. The summed E-state index contributed by atoms with van der Waals surface area (Å²) in [6.45, 7) is 8.47. The Bertz CT molecular complexity index is 195. The topological polar surface area (TPSA) is 15.3 Å². The van der Waals surface area contributed by atoms with E-state index in [1.165, 1.54) is 12.8 Å². The Morgan fingerprint density at radius 2 is 2.21 bits per heavy atom. The molecule has 1 aliphatic rings. The Kier molecular flexibility index (Phi) is 5.00. The standard InChI is InChI=1S/C12H22N2/c1-4-9-14(6-3)12-8-7-11(12)10-13-5-2/h1,11-13H,5-10H2,2-3H3. The fourth-order valence-corrected chi connectivity index (χ4v) is 2.18. The van der Waals surface area contributed by atoms with Gasteiger partial charge in [0.25, 0.3) is 0 Å². The molecule has 2 atom stereocenters. The van der Waals surface area contributed by atoms with Gasteiger partial charge in [0.2, 0.25) is 0 Å². The van der Waals surface area contributed by atoms with E-state index in [2.05, 4.69) is 30.0 Å². The van der Waals surface area contributed by atoms with Crippen LogP contribution in [0.1, 0.15) is 26.7 Å². The maximum atomic E-state index is 5.36. The molecule has 80 valence electrons. The first-order chi connectivity index (χ1) is 6.83. The zero-order chi connectivity index (χ0) is 10.4. The Morgan fingerprint density at radius 3 is 2.64 bits per heavy atom. The van der Waals surface area contributed by atoms with Crippen LogP contribution in [0.25, 0.3) is 0 Å². The highest BCUT2D eigenvalue weighted by Crippen LogP contribution is 2.31. The van der Waals surface area contributed by atoms with Crippen LogP contribution in [0.4, 0.5) is 0 Å². The van der Waals surface area contributed by atoms with Gasteiger partial charge >= 0.3 is 0 Å². The lowest BCUT2D eigenvalue weighted by molar-refractivity contribution is 0.0779. The third kappa shape index (κ3) is 2.73. The molecule has 0 radical (unpaired) electrons. The van der Waals surface area contributed by atoms with E-state index in [0.717, 1.165) is 38.1 Å². The number of hydrogen-bond donors (Lipinski definition) is 1. The molecule has 1 saturated carbocycles. The monoisotopic (exact) mass is 194 g/mol. The summed E-state index contributed by atoms with van der Waals surface area (Å²) in [5.74, 6) is 3.57. The minimum absolute atomic E-state index is 0.732. The number of hydrogen-bond acceptors (Lipinski definition) is 2. The van der Waals surface area contributed by atoms with E-state index in [1.807, 2.05) is 0 Å². The normalized spacial score (nSPS) is 25.9. The molecule has 0 amide bonds. The Balaban J connectivity index is 2.32. The SMILES string of the molecule is C#CCN(CC)C1CCC1CNCC. The van der Waals surface area contributed by atoms with Crippen molar-refractivity contribution >= 4 is 0 Å². The second kappa shape index (κ2) is 6.06. The summed E-state index contributed by atoms with van der Waals surface area (Å²) >= 11 is 0. The van der Waals surface area contributed by atoms with Crippen molar-refractivity contribution in [3.63, 3.8) is 0 Å². The fourth-order valence-electron chi connectivity index (χ4n) is 2.18.